The predicted octanol–water partition coefficient (Wildman–Crippen LogP) is 6.64. The zero-order valence-corrected chi connectivity index (χ0v) is 26.8. The highest BCUT2D eigenvalue weighted by molar-refractivity contribution is 5.96. The number of rotatable bonds is 5. The summed E-state index contributed by atoms with van der Waals surface area (Å²) in [6, 6.07) is 6.85. The van der Waals surface area contributed by atoms with Crippen LogP contribution >= 0.6 is 0 Å². The topological polar surface area (TPSA) is 136 Å². The summed E-state index contributed by atoms with van der Waals surface area (Å²) < 4.78 is 54.8. The van der Waals surface area contributed by atoms with E-state index in [0.29, 0.717) is 40.3 Å². The Bertz CT molecular complexity index is 1950. The maximum Gasteiger partial charge on any atom is 0.433 e. The van der Waals surface area contributed by atoms with Crippen molar-refractivity contribution in [2.45, 2.75) is 76.9 Å². The smallest absolute Gasteiger partial charge is 0.433 e. The van der Waals surface area contributed by atoms with Crippen LogP contribution in [-0.2, 0) is 15.7 Å². The molecule has 2 saturated heterocycles. The number of ether oxygens (including phenoxy) is 2. The largest absolute Gasteiger partial charge is 0.443 e. The van der Waals surface area contributed by atoms with Crippen LogP contribution < -0.4 is 10.2 Å². The molecule has 1 unspecified atom stereocenters. The molecule has 1 atom stereocenters. The second kappa shape index (κ2) is 12.4. The molecule has 0 saturated carbocycles. The third kappa shape index (κ3) is 6.31. The first-order valence-corrected chi connectivity index (χ1v) is 16.1. The van der Waals surface area contributed by atoms with Gasteiger partial charge in [0.2, 0.25) is 0 Å². The lowest BCUT2D eigenvalue weighted by atomic mass is 10.0. The average molecular weight is 664 g/mol. The van der Waals surface area contributed by atoms with Crippen LogP contribution in [0, 0.1) is 0 Å². The Hall–Kier alpha value is -4.63. The van der Waals surface area contributed by atoms with Crippen LogP contribution in [0.3, 0.4) is 0 Å². The lowest BCUT2D eigenvalue weighted by Crippen LogP contribution is -2.48. The van der Waals surface area contributed by atoms with Gasteiger partial charge in [0.15, 0.2) is 17.7 Å². The van der Waals surface area contributed by atoms with E-state index in [1.807, 2.05) is 43.7 Å². The number of piperidine rings is 1. The maximum atomic E-state index is 13.7. The molecular weight excluding hydrogens is 627 g/mol. The Balaban J connectivity index is 1.35. The fourth-order valence-electron chi connectivity index (χ4n) is 6.31. The molecule has 15 heteroatoms. The molecule has 7 rings (SSSR count). The summed E-state index contributed by atoms with van der Waals surface area (Å²) in [6.07, 6.45) is 3.37. The van der Waals surface area contributed by atoms with Crippen molar-refractivity contribution in [1.82, 2.24) is 40.2 Å². The predicted molar refractivity (Wildman–Crippen MR) is 172 cm³/mol. The SMILES string of the molecule is CC(C)(C)OC(=O)N(c1cncc(-c2nn(C3CCCCO3)c3ccc(-c4cnc5n[nH]c(C(F)(F)F)c5c4)cc23)n1)C1CCNCC1. The van der Waals surface area contributed by atoms with Gasteiger partial charge in [-0.1, -0.05) is 6.07 Å². The molecule has 0 radical (unpaired) electrons. The zero-order valence-electron chi connectivity index (χ0n) is 26.8. The Morgan fingerprint density at radius 2 is 1.81 bits per heavy atom. The Kier molecular flexibility index (Phi) is 8.27. The first-order chi connectivity index (χ1) is 23.0. The zero-order chi connectivity index (χ0) is 33.6. The van der Waals surface area contributed by atoms with Gasteiger partial charge in [-0.3, -0.25) is 15.0 Å². The van der Waals surface area contributed by atoms with Crippen molar-refractivity contribution in [3.8, 4) is 22.5 Å². The number of benzene rings is 1. The number of H-pyrrole nitrogens is 1. The third-order valence-corrected chi connectivity index (χ3v) is 8.54. The fraction of sp³-hybridized carbons (Fsp3) is 0.455. The highest BCUT2D eigenvalue weighted by Gasteiger charge is 2.36. The minimum atomic E-state index is -4.61. The number of hydrogen-bond acceptors (Lipinski definition) is 9. The van der Waals surface area contributed by atoms with Gasteiger partial charge in [-0.2, -0.15) is 23.4 Å². The highest BCUT2D eigenvalue weighted by Crippen LogP contribution is 2.38. The summed E-state index contributed by atoms with van der Waals surface area (Å²) in [5.74, 6) is 0.343. The molecule has 2 N–H and O–H groups in total. The number of anilines is 1. The molecule has 6 heterocycles. The van der Waals surface area contributed by atoms with Gasteiger partial charge in [-0.25, -0.2) is 19.4 Å². The molecule has 0 spiro atoms. The van der Waals surface area contributed by atoms with Crippen LogP contribution in [0.2, 0.25) is 0 Å². The molecule has 0 bridgehead atoms. The number of nitrogens with zero attached hydrogens (tertiary/aromatic N) is 7. The lowest BCUT2D eigenvalue weighted by molar-refractivity contribution is -0.139. The van der Waals surface area contributed by atoms with Gasteiger partial charge in [0.05, 0.1) is 23.3 Å². The minimum absolute atomic E-state index is 0.0227. The first-order valence-electron chi connectivity index (χ1n) is 16.1. The standard InChI is InChI=1S/C33H36F3N9O3/c1-32(2,3)48-31(46)44(21-9-11-37-12-10-21)26-18-38-17-24(40-26)28-22-14-19(7-8-25(22)45(43-28)27-6-4-5-13-47-27)20-15-23-29(33(34,35)36)41-42-30(23)39-16-20/h7-8,14-18,21,27,37H,4-6,9-13H2,1-3H3,(H,39,41,42). The van der Waals surface area contributed by atoms with Gasteiger partial charge in [-0.05, 0) is 89.7 Å². The van der Waals surface area contributed by atoms with Crippen LogP contribution in [0.4, 0.5) is 23.8 Å². The number of amides is 1. The summed E-state index contributed by atoms with van der Waals surface area (Å²) >= 11 is 0. The fourth-order valence-corrected chi connectivity index (χ4v) is 6.31. The molecule has 48 heavy (non-hydrogen) atoms. The van der Waals surface area contributed by atoms with Crippen LogP contribution in [0.15, 0.2) is 42.9 Å². The molecule has 12 nitrogen and oxygen atoms in total. The normalized spacial score (nSPS) is 18.0. The number of aromatic amines is 1. The molecule has 1 aromatic carbocycles. The monoisotopic (exact) mass is 663 g/mol. The van der Waals surface area contributed by atoms with Crippen molar-refractivity contribution in [2.24, 2.45) is 0 Å². The van der Waals surface area contributed by atoms with Gasteiger partial charge in [0, 0.05) is 29.8 Å². The van der Waals surface area contributed by atoms with Crippen LogP contribution in [0.5, 0.6) is 0 Å². The molecule has 2 aliphatic rings. The van der Waals surface area contributed by atoms with Crippen molar-refractivity contribution in [2.75, 3.05) is 24.6 Å². The molecule has 2 aliphatic heterocycles. The number of nitrogens with one attached hydrogen (secondary N) is 2. The molecule has 1 amide bonds. The summed E-state index contributed by atoms with van der Waals surface area (Å²) in [5.41, 5.74) is 1.11. The Morgan fingerprint density at radius 1 is 1.02 bits per heavy atom. The van der Waals surface area contributed by atoms with Crippen LogP contribution in [0.1, 0.15) is 64.8 Å². The third-order valence-electron chi connectivity index (χ3n) is 8.54. The van der Waals surface area contributed by atoms with E-state index in [2.05, 4.69) is 25.5 Å². The number of fused-ring (bicyclic) bond motifs is 2. The molecule has 5 aromatic rings. The van der Waals surface area contributed by atoms with E-state index in [1.165, 1.54) is 12.3 Å². The van der Waals surface area contributed by atoms with Crippen molar-refractivity contribution in [3.05, 3.63) is 48.5 Å². The average Bonchev–Trinajstić information content (AvgIpc) is 3.67. The van der Waals surface area contributed by atoms with Crippen LogP contribution in [-0.4, -0.2) is 72.4 Å². The number of carbonyl (C=O) groups excluding carboxylic acids is 1. The van der Waals surface area contributed by atoms with Gasteiger partial charge in [-0.15, -0.1) is 0 Å². The van der Waals surface area contributed by atoms with E-state index in [0.717, 1.165) is 50.7 Å². The quantitative estimate of drug-likeness (QED) is 0.212. The number of alkyl halides is 3. The van der Waals surface area contributed by atoms with E-state index in [-0.39, 0.29) is 23.3 Å². The van der Waals surface area contributed by atoms with Gasteiger partial charge in [0.1, 0.15) is 22.7 Å². The van der Waals surface area contributed by atoms with Gasteiger partial charge in [0.25, 0.3) is 0 Å². The molecule has 4 aromatic heterocycles. The van der Waals surface area contributed by atoms with E-state index >= 15 is 0 Å². The second-order valence-electron chi connectivity index (χ2n) is 13.1. The van der Waals surface area contributed by atoms with E-state index in [4.69, 9.17) is 19.6 Å². The van der Waals surface area contributed by atoms with Crippen molar-refractivity contribution in [1.29, 1.82) is 0 Å². The van der Waals surface area contributed by atoms with Crippen molar-refractivity contribution in [3.63, 3.8) is 0 Å². The molecule has 252 valence electrons. The van der Waals surface area contributed by atoms with E-state index in [1.54, 1.807) is 17.3 Å². The highest BCUT2D eigenvalue weighted by atomic mass is 19.4. The number of hydrogen-bond donors (Lipinski definition) is 2. The summed E-state index contributed by atoms with van der Waals surface area (Å²) in [7, 11) is 0. The van der Waals surface area contributed by atoms with Crippen LogP contribution in [0.25, 0.3) is 44.5 Å². The number of halogens is 3. The minimum Gasteiger partial charge on any atom is -0.443 e. The Morgan fingerprint density at radius 3 is 2.54 bits per heavy atom. The molecular formula is C33H36F3N9O3. The lowest BCUT2D eigenvalue weighted by Gasteiger charge is -2.35. The number of pyridine rings is 1. The summed E-state index contributed by atoms with van der Waals surface area (Å²) in [5, 5.41) is 14.7. The Labute approximate surface area is 274 Å². The first kappa shape index (κ1) is 31.9. The second-order valence-corrected chi connectivity index (χ2v) is 13.1. The van der Waals surface area contributed by atoms with E-state index < -0.39 is 23.6 Å². The number of carbonyl (C=O) groups is 1. The number of aromatic nitrogens is 7. The maximum absolute atomic E-state index is 13.7. The van der Waals surface area contributed by atoms with Gasteiger partial charge < -0.3 is 14.8 Å². The van der Waals surface area contributed by atoms with Crippen molar-refractivity contribution < 1.29 is 27.4 Å². The summed E-state index contributed by atoms with van der Waals surface area (Å²) in [6.45, 7) is 7.57. The molecule has 2 fully saturated rings. The summed E-state index contributed by atoms with van der Waals surface area (Å²) in [4.78, 5) is 28.8. The van der Waals surface area contributed by atoms with Gasteiger partial charge >= 0.3 is 12.3 Å². The van der Waals surface area contributed by atoms with E-state index in [9.17, 15) is 18.0 Å². The van der Waals surface area contributed by atoms with Crippen molar-refractivity contribution >= 4 is 33.8 Å². The molecule has 0 aliphatic carbocycles.